The van der Waals surface area contributed by atoms with Gasteiger partial charge in [-0.25, -0.2) is 4.39 Å². The highest BCUT2D eigenvalue weighted by atomic mass is 19.1. The minimum absolute atomic E-state index is 0.123. The number of fused-ring (bicyclic) bond motifs is 1. The number of nitrogens with zero attached hydrogens (tertiary/aromatic N) is 2. The van der Waals surface area contributed by atoms with Crippen molar-refractivity contribution in [2.75, 3.05) is 13.1 Å². The van der Waals surface area contributed by atoms with Crippen molar-refractivity contribution >= 4 is 22.8 Å². The van der Waals surface area contributed by atoms with Crippen LogP contribution in [0.1, 0.15) is 36.4 Å². The van der Waals surface area contributed by atoms with Gasteiger partial charge < -0.3 is 14.8 Å². The van der Waals surface area contributed by atoms with E-state index < -0.39 is 23.8 Å². The summed E-state index contributed by atoms with van der Waals surface area (Å²) in [5, 5.41) is 19.8. The van der Waals surface area contributed by atoms with Crippen LogP contribution in [0, 0.1) is 11.7 Å². The molecular weight excluding hydrogens is 411 g/mol. The number of hydrogen-bond acceptors (Lipinski definition) is 3. The third kappa shape index (κ3) is 4.83. The largest absolute Gasteiger partial charge is 0.481 e. The summed E-state index contributed by atoms with van der Waals surface area (Å²) in [5.74, 6) is -1.84. The lowest BCUT2D eigenvalue weighted by Gasteiger charge is -2.35. The molecule has 1 fully saturated rings. The predicted molar refractivity (Wildman–Crippen MR) is 119 cm³/mol. The van der Waals surface area contributed by atoms with E-state index in [9.17, 15) is 19.1 Å². The number of benzene rings is 2. The summed E-state index contributed by atoms with van der Waals surface area (Å²) < 4.78 is 15.6. The normalized spacial score (nSPS) is 16.3. The van der Waals surface area contributed by atoms with Gasteiger partial charge in [0.25, 0.3) is 0 Å². The third-order valence-electron chi connectivity index (χ3n) is 6.35. The summed E-state index contributed by atoms with van der Waals surface area (Å²) in [5.41, 5.74) is 2.40. The summed E-state index contributed by atoms with van der Waals surface area (Å²) in [6.45, 7) is 1.48. The Hall–Kier alpha value is -3.19. The molecule has 0 bridgehead atoms. The van der Waals surface area contributed by atoms with Gasteiger partial charge in [0.15, 0.2) is 0 Å². The number of aliphatic carboxylic acids is 2. The standard InChI is InChI=1S/C25H27FN2O4/c26-19-6-7-20-21(16-28(22(20)15-19)13-10-23(29)30)24(25(31)32)27-11-8-18(9-12-27)14-17-4-2-1-3-5-17/h1-7,15-16,18,24H,8-14H2,(H,29,30)(H,31,32). The Morgan fingerprint density at radius 3 is 2.44 bits per heavy atom. The molecule has 4 rings (SSSR count). The molecule has 2 heterocycles. The minimum Gasteiger partial charge on any atom is -0.481 e. The van der Waals surface area contributed by atoms with Gasteiger partial charge in [0.2, 0.25) is 0 Å². The van der Waals surface area contributed by atoms with E-state index >= 15 is 0 Å². The molecular formula is C25H27FN2O4. The summed E-state index contributed by atoms with van der Waals surface area (Å²) >= 11 is 0. The van der Waals surface area contributed by atoms with Gasteiger partial charge in [-0.2, -0.15) is 0 Å². The first-order valence-corrected chi connectivity index (χ1v) is 10.9. The third-order valence-corrected chi connectivity index (χ3v) is 6.35. The fourth-order valence-electron chi connectivity index (χ4n) is 4.76. The number of carbonyl (C=O) groups is 2. The zero-order valence-corrected chi connectivity index (χ0v) is 17.8. The van der Waals surface area contributed by atoms with Crippen molar-refractivity contribution in [2.45, 2.75) is 38.3 Å². The van der Waals surface area contributed by atoms with Gasteiger partial charge in [0.1, 0.15) is 11.9 Å². The number of likely N-dealkylation sites (tertiary alicyclic amines) is 1. The number of carboxylic acids is 2. The van der Waals surface area contributed by atoms with Gasteiger partial charge in [0.05, 0.1) is 11.9 Å². The van der Waals surface area contributed by atoms with Gasteiger partial charge >= 0.3 is 11.9 Å². The molecule has 0 radical (unpaired) electrons. The number of carboxylic acid groups (broad SMARTS) is 2. The lowest BCUT2D eigenvalue weighted by atomic mass is 9.89. The van der Waals surface area contributed by atoms with Gasteiger partial charge in [0, 0.05) is 23.7 Å². The maximum Gasteiger partial charge on any atom is 0.325 e. The van der Waals surface area contributed by atoms with Crippen molar-refractivity contribution < 1.29 is 24.2 Å². The number of hydrogen-bond donors (Lipinski definition) is 2. The van der Waals surface area contributed by atoms with Crippen molar-refractivity contribution in [1.29, 1.82) is 0 Å². The Balaban J connectivity index is 1.56. The summed E-state index contributed by atoms with van der Waals surface area (Å²) in [4.78, 5) is 25.4. The second kappa shape index (κ2) is 9.53. The number of halogens is 1. The molecule has 0 spiro atoms. The summed E-state index contributed by atoms with van der Waals surface area (Å²) in [7, 11) is 0. The van der Waals surface area contributed by atoms with Crippen LogP contribution in [0.25, 0.3) is 10.9 Å². The van der Waals surface area contributed by atoms with Crippen molar-refractivity contribution in [2.24, 2.45) is 5.92 Å². The van der Waals surface area contributed by atoms with Crippen LogP contribution < -0.4 is 0 Å². The molecule has 1 aliphatic rings. The van der Waals surface area contributed by atoms with Crippen molar-refractivity contribution in [3.05, 3.63) is 71.7 Å². The SMILES string of the molecule is O=C(O)CCn1cc(C(C(=O)O)N2CCC(Cc3ccccc3)CC2)c2ccc(F)cc21. The van der Waals surface area contributed by atoms with Crippen LogP contribution >= 0.6 is 0 Å². The van der Waals surface area contributed by atoms with Gasteiger partial charge in [-0.1, -0.05) is 30.3 Å². The van der Waals surface area contributed by atoms with E-state index in [0.29, 0.717) is 35.5 Å². The summed E-state index contributed by atoms with van der Waals surface area (Å²) in [6, 6.07) is 13.7. The fourth-order valence-corrected chi connectivity index (χ4v) is 4.76. The molecule has 1 saturated heterocycles. The van der Waals surface area contributed by atoms with Crippen LogP contribution in [-0.4, -0.2) is 44.7 Å². The monoisotopic (exact) mass is 438 g/mol. The highest BCUT2D eigenvalue weighted by Gasteiger charge is 2.33. The number of rotatable bonds is 8. The molecule has 7 heteroatoms. The smallest absolute Gasteiger partial charge is 0.325 e. The second-order valence-corrected chi connectivity index (χ2v) is 8.49. The molecule has 3 aromatic rings. The molecule has 0 aliphatic carbocycles. The van der Waals surface area contributed by atoms with E-state index in [-0.39, 0.29) is 13.0 Å². The molecule has 32 heavy (non-hydrogen) atoms. The second-order valence-electron chi connectivity index (χ2n) is 8.49. The molecule has 168 valence electrons. The molecule has 1 unspecified atom stereocenters. The predicted octanol–water partition coefficient (Wildman–Crippen LogP) is 4.34. The van der Waals surface area contributed by atoms with E-state index in [1.807, 2.05) is 23.1 Å². The van der Waals surface area contributed by atoms with Crippen LogP contribution in [0.4, 0.5) is 4.39 Å². The van der Waals surface area contributed by atoms with E-state index in [2.05, 4.69) is 12.1 Å². The molecule has 0 amide bonds. The van der Waals surface area contributed by atoms with Gasteiger partial charge in [-0.15, -0.1) is 0 Å². The number of piperidine rings is 1. The van der Waals surface area contributed by atoms with E-state index in [0.717, 1.165) is 19.3 Å². The molecule has 6 nitrogen and oxygen atoms in total. The Kier molecular flexibility index (Phi) is 6.55. The van der Waals surface area contributed by atoms with Gasteiger partial charge in [-0.3, -0.25) is 14.5 Å². The molecule has 1 atom stereocenters. The lowest BCUT2D eigenvalue weighted by Crippen LogP contribution is -2.40. The van der Waals surface area contributed by atoms with Crippen LogP contribution in [0.3, 0.4) is 0 Å². The zero-order chi connectivity index (χ0) is 22.7. The van der Waals surface area contributed by atoms with Crippen LogP contribution in [0.15, 0.2) is 54.7 Å². The molecule has 2 aromatic carbocycles. The average molecular weight is 438 g/mol. The van der Waals surface area contributed by atoms with Crippen LogP contribution in [0.2, 0.25) is 0 Å². The summed E-state index contributed by atoms with van der Waals surface area (Å²) in [6.07, 6.45) is 4.36. The quantitative estimate of drug-likeness (QED) is 0.547. The Morgan fingerprint density at radius 2 is 1.78 bits per heavy atom. The maximum absolute atomic E-state index is 13.9. The van der Waals surface area contributed by atoms with Crippen LogP contribution in [0.5, 0.6) is 0 Å². The lowest BCUT2D eigenvalue weighted by molar-refractivity contribution is -0.144. The Morgan fingerprint density at radius 1 is 1.06 bits per heavy atom. The van der Waals surface area contributed by atoms with Crippen LogP contribution in [-0.2, 0) is 22.6 Å². The molecule has 2 N–H and O–H groups in total. The van der Waals surface area contributed by atoms with E-state index in [1.165, 1.54) is 17.7 Å². The van der Waals surface area contributed by atoms with Crippen molar-refractivity contribution in [1.82, 2.24) is 9.47 Å². The number of aryl methyl sites for hydroxylation is 1. The fraction of sp³-hybridized carbons (Fsp3) is 0.360. The van der Waals surface area contributed by atoms with E-state index in [1.54, 1.807) is 16.8 Å². The molecule has 1 aromatic heterocycles. The molecule has 0 saturated carbocycles. The van der Waals surface area contributed by atoms with Gasteiger partial charge in [-0.05, 0) is 62.0 Å². The first-order chi connectivity index (χ1) is 15.4. The number of aromatic nitrogens is 1. The van der Waals surface area contributed by atoms with Crippen molar-refractivity contribution in [3.8, 4) is 0 Å². The average Bonchev–Trinajstić information content (AvgIpc) is 3.11. The van der Waals surface area contributed by atoms with E-state index in [4.69, 9.17) is 5.11 Å². The maximum atomic E-state index is 13.9. The zero-order valence-electron chi connectivity index (χ0n) is 17.8. The highest BCUT2D eigenvalue weighted by Crippen LogP contribution is 2.34. The highest BCUT2D eigenvalue weighted by molar-refractivity contribution is 5.90. The minimum atomic E-state index is -0.958. The first-order valence-electron chi connectivity index (χ1n) is 10.9. The first kappa shape index (κ1) is 22.0. The van der Waals surface area contributed by atoms with Crippen molar-refractivity contribution in [3.63, 3.8) is 0 Å². The Labute approximate surface area is 185 Å². The topological polar surface area (TPSA) is 82.8 Å². The Bertz CT molecular complexity index is 1100. The molecule has 1 aliphatic heterocycles.